The molecule has 52 heavy (non-hydrogen) atoms. The van der Waals surface area contributed by atoms with Crippen LogP contribution in [0, 0.1) is 13.8 Å². The van der Waals surface area contributed by atoms with Crippen LogP contribution in [0.25, 0.3) is 0 Å². The smallest absolute Gasteiger partial charge is 0.142 e. The Labute approximate surface area is 310 Å². The quantitative estimate of drug-likeness (QED) is 0.237. The van der Waals surface area contributed by atoms with Gasteiger partial charge in [0.25, 0.3) is 0 Å². The summed E-state index contributed by atoms with van der Waals surface area (Å²) in [5.74, 6) is 2.50. The van der Waals surface area contributed by atoms with Gasteiger partial charge in [-0.15, -0.1) is 0 Å². The normalized spacial score (nSPS) is 17.7. The molecular weight excluding hydrogens is 662 g/mol. The molecule has 0 aromatic heterocycles. The minimum atomic E-state index is 0.461. The summed E-state index contributed by atoms with van der Waals surface area (Å²) in [6.07, 6.45) is 0.915. The summed E-state index contributed by atoms with van der Waals surface area (Å²) >= 11 is 0. The first-order valence-corrected chi connectivity index (χ1v) is 18.8. The zero-order valence-corrected chi connectivity index (χ0v) is 31.7. The first kappa shape index (κ1) is 39.5. The molecular formula is C41H59N3O8. The van der Waals surface area contributed by atoms with Crippen molar-refractivity contribution in [3.63, 3.8) is 0 Å². The van der Waals surface area contributed by atoms with Gasteiger partial charge in [0.1, 0.15) is 37.1 Å². The van der Waals surface area contributed by atoms with E-state index in [1.807, 2.05) is 0 Å². The number of aryl methyl sites for hydroxylation is 3. The highest BCUT2D eigenvalue weighted by atomic mass is 16.5. The number of hydrogen-bond donors (Lipinski definition) is 0. The van der Waals surface area contributed by atoms with E-state index in [1.165, 1.54) is 5.56 Å². The predicted molar refractivity (Wildman–Crippen MR) is 206 cm³/mol. The molecule has 3 aliphatic heterocycles. The van der Waals surface area contributed by atoms with Crippen LogP contribution in [0.1, 0.15) is 23.6 Å². The maximum Gasteiger partial charge on any atom is 0.142 e. The van der Waals surface area contributed by atoms with E-state index in [0.29, 0.717) is 119 Å². The molecule has 0 N–H and O–H groups in total. The Hall–Kier alpha value is -3.74. The molecule has 0 saturated carbocycles. The number of benzene rings is 3. The molecule has 3 aromatic rings. The van der Waals surface area contributed by atoms with Gasteiger partial charge in [0.05, 0.1) is 89.6 Å². The zero-order chi connectivity index (χ0) is 36.4. The second-order valence-corrected chi connectivity index (χ2v) is 13.0. The molecule has 0 unspecified atom stereocenters. The van der Waals surface area contributed by atoms with Crippen molar-refractivity contribution in [2.45, 2.75) is 27.2 Å². The van der Waals surface area contributed by atoms with E-state index in [9.17, 15) is 0 Å². The molecule has 1 fully saturated rings. The number of rotatable bonds is 6. The molecule has 2 bridgehead atoms. The van der Waals surface area contributed by atoms with E-state index in [2.05, 4.69) is 90.1 Å². The largest absolute Gasteiger partial charge is 0.490 e. The van der Waals surface area contributed by atoms with Crippen LogP contribution >= 0.6 is 0 Å². The van der Waals surface area contributed by atoms with Crippen LogP contribution in [-0.2, 0) is 30.1 Å². The van der Waals surface area contributed by atoms with Gasteiger partial charge in [-0.3, -0.25) is 0 Å². The number of fused-ring (bicyclic) bond motifs is 20. The number of methoxy groups -OCH3 is 1. The highest BCUT2D eigenvalue weighted by Gasteiger charge is 2.19. The Bertz CT molecular complexity index is 1390. The van der Waals surface area contributed by atoms with Crippen molar-refractivity contribution < 1.29 is 37.9 Å². The summed E-state index contributed by atoms with van der Waals surface area (Å²) in [5.41, 5.74) is 6.51. The monoisotopic (exact) mass is 721 g/mol. The third-order valence-corrected chi connectivity index (χ3v) is 9.23. The van der Waals surface area contributed by atoms with E-state index in [0.717, 1.165) is 51.9 Å². The van der Waals surface area contributed by atoms with E-state index >= 15 is 0 Å². The van der Waals surface area contributed by atoms with Crippen LogP contribution < -0.4 is 28.9 Å². The lowest BCUT2D eigenvalue weighted by Gasteiger charge is -2.30. The molecule has 0 amide bonds. The van der Waals surface area contributed by atoms with Crippen molar-refractivity contribution in [3.05, 3.63) is 71.3 Å². The minimum absolute atomic E-state index is 0.461. The van der Waals surface area contributed by atoms with Gasteiger partial charge in [-0.2, -0.15) is 0 Å². The summed E-state index contributed by atoms with van der Waals surface area (Å²) in [7, 11) is 1.69. The molecule has 0 aliphatic carbocycles. The average Bonchev–Trinajstić information content (AvgIpc) is 3.14. The van der Waals surface area contributed by atoms with Crippen molar-refractivity contribution in [2.75, 3.05) is 140 Å². The van der Waals surface area contributed by atoms with E-state index in [4.69, 9.17) is 37.9 Å². The molecule has 11 nitrogen and oxygen atoms in total. The van der Waals surface area contributed by atoms with Gasteiger partial charge < -0.3 is 52.6 Å². The standard InChI is InChI=1S/C41H59N3O8/c1-5-35-8-11-38(41(32-35)52-29-24-45-4)44-16-22-50-39-30-33(2)6-9-36(39)42-12-18-46-25-27-48-20-14-43(15-21-49-28-26-47-19-13-42)37-10-7-34(3)31-40(37)51-23-17-44/h6-11,30-32H,5,12-29H2,1-4H3. The molecule has 3 heterocycles. The van der Waals surface area contributed by atoms with Crippen molar-refractivity contribution in [2.24, 2.45) is 0 Å². The molecule has 3 aliphatic rings. The molecule has 11 heteroatoms. The number of anilines is 3. The van der Waals surface area contributed by atoms with Gasteiger partial charge >= 0.3 is 0 Å². The lowest BCUT2D eigenvalue weighted by atomic mass is 10.1. The van der Waals surface area contributed by atoms with Gasteiger partial charge in [0.15, 0.2) is 0 Å². The Morgan fingerprint density at radius 2 is 0.962 bits per heavy atom. The third kappa shape index (κ3) is 12.2. The predicted octanol–water partition coefficient (Wildman–Crippen LogP) is 5.56. The number of ether oxygens (including phenoxy) is 8. The SMILES string of the molecule is CCc1ccc(N2CCOc3cc(C)ccc3N3CCOCCOCCN(CCOCCOCC3)c3ccc(C)cc3OCC2)c(OCCOC)c1. The van der Waals surface area contributed by atoms with Gasteiger partial charge in [-0.25, -0.2) is 0 Å². The Kier molecular flexibility index (Phi) is 16.5. The van der Waals surface area contributed by atoms with Crippen LogP contribution in [0.3, 0.4) is 0 Å². The van der Waals surface area contributed by atoms with Crippen molar-refractivity contribution in [1.29, 1.82) is 0 Å². The fourth-order valence-corrected chi connectivity index (χ4v) is 6.32. The molecule has 0 atom stereocenters. The maximum absolute atomic E-state index is 6.66. The van der Waals surface area contributed by atoms with Crippen LogP contribution in [0.4, 0.5) is 17.1 Å². The lowest BCUT2D eigenvalue weighted by molar-refractivity contribution is 0.0435. The molecule has 1 saturated heterocycles. The van der Waals surface area contributed by atoms with Crippen LogP contribution in [0.5, 0.6) is 17.2 Å². The summed E-state index contributed by atoms with van der Waals surface area (Å²) in [6.45, 7) is 16.6. The third-order valence-electron chi connectivity index (χ3n) is 9.23. The highest BCUT2D eigenvalue weighted by Crippen LogP contribution is 2.33. The summed E-state index contributed by atoms with van der Waals surface area (Å²) in [4.78, 5) is 6.88. The molecule has 3 aromatic carbocycles. The first-order chi connectivity index (χ1) is 25.6. The van der Waals surface area contributed by atoms with Gasteiger partial charge in [0.2, 0.25) is 0 Å². The van der Waals surface area contributed by atoms with Crippen molar-refractivity contribution in [3.8, 4) is 17.2 Å². The second kappa shape index (κ2) is 21.7. The Morgan fingerprint density at radius 1 is 0.519 bits per heavy atom. The first-order valence-electron chi connectivity index (χ1n) is 18.8. The molecule has 286 valence electrons. The van der Waals surface area contributed by atoms with Crippen LogP contribution in [0.15, 0.2) is 54.6 Å². The van der Waals surface area contributed by atoms with Gasteiger partial charge in [0, 0.05) is 33.3 Å². The number of hydrogen-bond acceptors (Lipinski definition) is 11. The Balaban J connectivity index is 1.50. The second-order valence-electron chi connectivity index (χ2n) is 13.0. The summed E-state index contributed by atoms with van der Waals surface area (Å²) in [6, 6.07) is 19.2. The molecule has 0 radical (unpaired) electrons. The van der Waals surface area contributed by atoms with Crippen molar-refractivity contribution >= 4 is 17.1 Å². The number of nitrogens with zero attached hydrogens (tertiary/aromatic N) is 3. The van der Waals surface area contributed by atoms with E-state index in [-0.39, 0.29) is 0 Å². The maximum atomic E-state index is 6.66. The fourth-order valence-electron chi connectivity index (χ4n) is 6.32. The van der Waals surface area contributed by atoms with E-state index in [1.54, 1.807) is 7.11 Å². The molecule has 0 spiro atoms. The molecule has 6 rings (SSSR count). The fraction of sp³-hybridized carbons (Fsp3) is 0.561. The minimum Gasteiger partial charge on any atom is -0.490 e. The zero-order valence-electron chi connectivity index (χ0n) is 31.7. The van der Waals surface area contributed by atoms with E-state index < -0.39 is 0 Å². The average molecular weight is 722 g/mol. The highest BCUT2D eigenvalue weighted by molar-refractivity contribution is 5.62. The van der Waals surface area contributed by atoms with Gasteiger partial charge in [-0.1, -0.05) is 25.1 Å². The van der Waals surface area contributed by atoms with Gasteiger partial charge in [-0.05, 0) is 73.4 Å². The van der Waals surface area contributed by atoms with Crippen LogP contribution in [0.2, 0.25) is 0 Å². The Morgan fingerprint density at radius 3 is 1.42 bits per heavy atom. The van der Waals surface area contributed by atoms with Crippen molar-refractivity contribution in [1.82, 2.24) is 0 Å². The topological polar surface area (TPSA) is 83.6 Å². The lowest BCUT2D eigenvalue weighted by Crippen LogP contribution is -2.34. The summed E-state index contributed by atoms with van der Waals surface area (Å²) in [5, 5.41) is 0. The van der Waals surface area contributed by atoms with Crippen LogP contribution in [-0.4, -0.2) is 126 Å². The summed E-state index contributed by atoms with van der Waals surface area (Å²) < 4.78 is 49.2.